The minimum absolute atomic E-state index is 0.0208. The SMILES string of the molecule is O=C(O)c1cc(S(=O)(=O)NCCc2ccccc2Cl)ccc1Cl. The van der Waals surface area contributed by atoms with Gasteiger partial charge in [-0.25, -0.2) is 17.9 Å². The van der Waals surface area contributed by atoms with Gasteiger partial charge in [0.05, 0.1) is 15.5 Å². The van der Waals surface area contributed by atoms with Crippen molar-refractivity contribution in [3.05, 3.63) is 63.6 Å². The zero-order valence-electron chi connectivity index (χ0n) is 11.8. The van der Waals surface area contributed by atoms with Crippen molar-refractivity contribution in [3.8, 4) is 0 Å². The van der Waals surface area contributed by atoms with Gasteiger partial charge in [-0.15, -0.1) is 0 Å². The summed E-state index contributed by atoms with van der Waals surface area (Å²) in [5, 5.41) is 9.54. The van der Waals surface area contributed by atoms with Crippen molar-refractivity contribution in [2.75, 3.05) is 6.54 Å². The molecule has 8 heteroatoms. The largest absolute Gasteiger partial charge is 0.478 e. The Morgan fingerprint density at radius 3 is 2.43 bits per heavy atom. The molecular weight excluding hydrogens is 361 g/mol. The van der Waals surface area contributed by atoms with E-state index in [2.05, 4.69) is 4.72 Å². The summed E-state index contributed by atoms with van der Waals surface area (Å²) < 4.78 is 26.8. The third-order valence-electron chi connectivity index (χ3n) is 3.12. The average Bonchev–Trinajstić information content (AvgIpc) is 2.49. The Bertz CT molecular complexity index is 837. The molecule has 0 unspecified atom stereocenters. The van der Waals surface area contributed by atoms with Crippen molar-refractivity contribution in [2.24, 2.45) is 0 Å². The van der Waals surface area contributed by atoms with Gasteiger partial charge < -0.3 is 5.11 Å². The van der Waals surface area contributed by atoms with Gasteiger partial charge in [0.15, 0.2) is 0 Å². The minimum Gasteiger partial charge on any atom is -0.478 e. The molecule has 5 nitrogen and oxygen atoms in total. The second-order valence-corrected chi connectivity index (χ2v) is 7.27. The van der Waals surface area contributed by atoms with E-state index < -0.39 is 16.0 Å². The first-order valence-electron chi connectivity index (χ1n) is 6.57. The van der Waals surface area contributed by atoms with Crippen LogP contribution in [0.3, 0.4) is 0 Å². The number of carbonyl (C=O) groups is 1. The molecule has 0 aliphatic carbocycles. The molecule has 0 bridgehead atoms. The lowest BCUT2D eigenvalue weighted by Gasteiger charge is -2.09. The summed E-state index contributed by atoms with van der Waals surface area (Å²) in [7, 11) is -3.83. The van der Waals surface area contributed by atoms with E-state index in [1.807, 2.05) is 6.07 Å². The highest BCUT2D eigenvalue weighted by molar-refractivity contribution is 7.89. The molecular formula is C15H13Cl2NO4S. The molecule has 0 fully saturated rings. The molecule has 0 amide bonds. The Labute approximate surface area is 143 Å². The van der Waals surface area contributed by atoms with Crippen LogP contribution < -0.4 is 4.72 Å². The van der Waals surface area contributed by atoms with E-state index in [-0.39, 0.29) is 22.0 Å². The normalized spacial score (nSPS) is 11.4. The first-order valence-corrected chi connectivity index (χ1v) is 8.81. The summed E-state index contributed by atoms with van der Waals surface area (Å²) in [4.78, 5) is 10.9. The number of nitrogens with one attached hydrogen (secondary N) is 1. The van der Waals surface area contributed by atoms with Crippen LogP contribution in [0, 0.1) is 0 Å². The molecule has 2 aromatic carbocycles. The third kappa shape index (κ3) is 4.45. The summed E-state index contributed by atoms with van der Waals surface area (Å²) in [5.74, 6) is -1.29. The smallest absolute Gasteiger partial charge is 0.337 e. The molecule has 0 saturated carbocycles. The maximum atomic E-state index is 12.2. The molecule has 0 saturated heterocycles. The fraction of sp³-hybridized carbons (Fsp3) is 0.133. The van der Waals surface area contributed by atoms with Gasteiger partial charge in [0.25, 0.3) is 0 Å². The first-order chi connectivity index (χ1) is 10.8. The number of carboxylic acids is 1. The number of sulfonamides is 1. The van der Waals surface area contributed by atoms with E-state index in [9.17, 15) is 13.2 Å². The van der Waals surface area contributed by atoms with Crippen molar-refractivity contribution >= 4 is 39.2 Å². The Kier molecular flexibility index (Phi) is 5.64. The zero-order valence-corrected chi connectivity index (χ0v) is 14.1. The lowest BCUT2D eigenvalue weighted by Crippen LogP contribution is -2.26. The second kappa shape index (κ2) is 7.31. The number of rotatable bonds is 6. The summed E-state index contributed by atoms with van der Waals surface area (Å²) in [6.45, 7) is 0.136. The van der Waals surface area contributed by atoms with Gasteiger partial charge in [-0.1, -0.05) is 41.4 Å². The van der Waals surface area contributed by atoms with Gasteiger partial charge in [-0.05, 0) is 36.2 Å². The van der Waals surface area contributed by atoms with E-state index in [0.717, 1.165) is 11.6 Å². The molecule has 0 atom stereocenters. The third-order valence-corrected chi connectivity index (χ3v) is 5.28. The van der Waals surface area contributed by atoms with Crippen molar-refractivity contribution in [1.29, 1.82) is 0 Å². The minimum atomic E-state index is -3.83. The monoisotopic (exact) mass is 373 g/mol. The molecule has 0 radical (unpaired) electrons. The topological polar surface area (TPSA) is 83.5 Å². The Morgan fingerprint density at radius 1 is 1.09 bits per heavy atom. The van der Waals surface area contributed by atoms with Crippen LogP contribution in [-0.4, -0.2) is 26.0 Å². The van der Waals surface area contributed by atoms with Crippen molar-refractivity contribution in [3.63, 3.8) is 0 Å². The van der Waals surface area contributed by atoms with Crippen LogP contribution in [0.2, 0.25) is 10.0 Å². The molecule has 2 rings (SSSR count). The molecule has 2 N–H and O–H groups in total. The molecule has 0 spiro atoms. The lowest BCUT2D eigenvalue weighted by molar-refractivity contribution is 0.0697. The van der Waals surface area contributed by atoms with Crippen LogP contribution in [0.4, 0.5) is 0 Å². The maximum Gasteiger partial charge on any atom is 0.337 e. The van der Waals surface area contributed by atoms with Gasteiger partial charge in [-0.2, -0.15) is 0 Å². The highest BCUT2D eigenvalue weighted by atomic mass is 35.5. The van der Waals surface area contributed by atoms with Crippen LogP contribution in [-0.2, 0) is 16.4 Å². The van der Waals surface area contributed by atoms with Gasteiger partial charge in [-0.3, -0.25) is 0 Å². The molecule has 2 aromatic rings. The van der Waals surface area contributed by atoms with E-state index in [1.54, 1.807) is 18.2 Å². The molecule has 23 heavy (non-hydrogen) atoms. The zero-order chi connectivity index (χ0) is 17.0. The first kappa shape index (κ1) is 17.7. The second-order valence-electron chi connectivity index (χ2n) is 4.69. The predicted octanol–water partition coefficient (Wildman–Crippen LogP) is 3.21. The lowest BCUT2D eigenvalue weighted by atomic mass is 10.1. The fourth-order valence-corrected chi connectivity index (χ4v) is 3.43. The molecule has 0 aliphatic heterocycles. The van der Waals surface area contributed by atoms with E-state index in [4.69, 9.17) is 28.3 Å². The summed E-state index contributed by atoms with van der Waals surface area (Å²) in [5.41, 5.74) is 0.555. The van der Waals surface area contributed by atoms with Crippen LogP contribution in [0.5, 0.6) is 0 Å². The summed E-state index contributed by atoms with van der Waals surface area (Å²) in [6.07, 6.45) is 0.415. The van der Waals surface area contributed by atoms with Crippen molar-refractivity contribution < 1.29 is 18.3 Å². The van der Waals surface area contributed by atoms with Crippen LogP contribution in [0.1, 0.15) is 15.9 Å². The van der Waals surface area contributed by atoms with Crippen LogP contribution >= 0.6 is 23.2 Å². The number of carboxylic acid groups (broad SMARTS) is 1. The molecule has 0 aliphatic rings. The van der Waals surface area contributed by atoms with Crippen molar-refractivity contribution in [2.45, 2.75) is 11.3 Å². The van der Waals surface area contributed by atoms with E-state index >= 15 is 0 Å². The van der Waals surface area contributed by atoms with E-state index in [1.165, 1.54) is 12.1 Å². The highest BCUT2D eigenvalue weighted by Gasteiger charge is 2.18. The average molecular weight is 374 g/mol. The standard InChI is InChI=1S/C15H13Cl2NO4S/c16-13-4-2-1-3-10(13)7-8-18-23(21,22)11-5-6-14(17)12(9-11)15(19)20/h1-6,9,18H,7-8H2,(H,19,20). The predicted molar refractivity (Wildman–Crippen MR) is 88.8 cm³/mol. The van der Waals surface area contributed by atoms with Crippen LogP contribution in [0.25, 0.3) is 0 Å². The van der Waals surface area contributed by atoms with E-state index in [0.29, 0.717) is 11.4 Å². The Hall–Kier alpha value is -1.60. The highest BCUT2D eigenvalue weighted by Crippen LogP contribution is 2.21. The number of benzene rings is 2. The molecule has 0 heterocycles. The Morgan fingerprint density at radius 2 is 1.78 bits per heavy atom. The molecule has 122 valence electrons. The number of hydrogen-bond donors (Lipinski definition) is 2. The quantitative estimate of drug-likeness (QED) is 0.813. The summed E-state index contributed by atoms with van der Waals surface area (Å²) in [6, 6.07) is 10.7. The Balaban J connectivity index is 2.12. The van der Waals surface area contributed by atoms with Gasteiger partial charge in [0.2, 0.25) is 10.0 Å². The van der Waals surface area contributed by atoms with Gasteiger partial charge >= 0.3 is 5.97 Å². The number of halogens is 2. The van der Waals surface area contributed by atoms with Gasteiger partial charge in [0, 0.05) is 11.6 Å². The van der Waals surface area contributed by atoms with Crippen LogP contribution in [0.15, 0.2) is 47.4 Å². The van der Waals surface area contributed by atoms with Crippen molar-refractivity contribution in [1.82, 2.24) is 4.72 Å². The number of aromatic carboxylic acids is 1. The molecule has 0 aromatic heterocycles. The fourth-order valence-electron chi connectivity index (χ4n) is 1.94. The maximum absolute atomic E-state index is 12.2. The van der Waals surface area contributed by atoms with Gasteiger partial charge in [0.1, 0.15) is 0 Å². The number of hydrogen-bond acceptors (Lipinski definition) is 3. The summed E-state index contributed by atoms with van der Waals surface area (Å²) >= 11 is 11.7.